The molecule has 0 aromatic heterocycles. The normalized spacial score (nSPS) is 15.1. The molecule has 0 fully saturated rings. The fraction of sp³-hybridized carbons (Fsp3) is 0.648. The number of phosphoric ester groups is 1. The average molecular weight is 897 g/mol. The van der Waals surface area contributed by atoms with E-state index in [9.17, 15) is 19.4 Å². The molecule has 0 saturated heterocycles. The molecule has 3 unspecified atom stereocenters. The van der Waals surface area contributed by atoms with E-state index in [0.29, 0.717) is 17.4 Å². The van der Waals surface area contributed by atoms with Crippen molar-refractivity contribution in [2.24, 2.45) is 0 Å². The number of rotatable bonds is 43. The van der Waals surface area contributed by atoms with Gasteiger partial charge in [-0.1, -0.05) is 194 Å². The Bertz CT molecular complexity index is 1390. The van der Waals surface area contributed by atoms with Crippen LogP contribution in [0.4, 0.5) is 0 Å². The van der Waals surface area contributed by atoms with Crippen LogP contribution in [0.3, 0.4) is 0 Å². The lowest BCUT2D eigenvalue weighted by Crippen LogP contribution is -2.45. The molecule has 8 nitrogen and oxygen atoms in total. The molecule has 0 aliphatic heterocycles. The zero-order valence-electron chi connectivity index (χ0n) is 40.7. The minimum Gasteiger partial charge on any atom is -0.756 e. The molecule has 0 aliphatic rings. The van der Waals surface area contributed by atoms with Gasteiger partial charge in [-0.2, -0.15) is 0 Å². The Labute approximate surface area is 387 Å². The van der Waals surface area contributed by atoms with Gasteiger partial charge in [-0.15, -0.1) is 0 Å². The minimum absolute atomic E-state index is 0.0126. The molecule has 0 bridgehead atoms. The minimum atomic E-state index is -4.60. The van der Waals surface area contributed by atoms with Gasteiger partial charge in [-0.05, 0) is 83.5 Å². The molecule has 360 valence electrons. The van der Waals surface area contributed by atoms with E-state index in [-0.39, 0.29) is 12.5 Å². The van der Waals surface area contributed by atoms with Crippen LogP contribution in [0.25, 0.3) is 0 Å². The van der Waals surface area contributed by atoms with E-state index in [1.165, 1.54) is 64.2 Å². The lowest BCUT2D eigenvalue weighted by Gasteiger charge is -2.29. The van der Waals surface area contributed by atoms with E-state index in [1.807, 2.05) is 27.2 Å². The number of nitrogens with one attached hydrogen (secondary N) is 1. The number of aliphatic hydroxyl groups is 1. The lowest BCUT2D eigenvalue weighted by atomic mass is 10.0. The topological polar surface area (TPSA) is 108 Å². The van der Waals surface area contributed by atoms with Gasteiger partial charge in [0.25, 0.3) is 7.82 Å². The zero-order valence-corrected chi connectivity index (χ0v) is 41.6. The third-order valence-corrected chi connectivity index (χ3v) is 11.2. The lowest BCUT2D eigenvalue weighted by molar-refractivity contribution is -0.870. The number of nitrogens with zero attached hydrogens (tertiary/aromatic N) is 1. The summed E-state index contributed by atoms with van der Waals surface area (Å²) in [6.45, 7) is 4.40. The van der Waals surface area contributed by atoms with Crippen molar-refractivity contribution in [2.75, 3.05) is 40.9 Å². The third kappa shape index (κ3) is 47.0. The van der Waals surface area contributed by atoms with Crippen molar-refractivity contribution in [3.05, 3.63) is 109 Å². The van der Waals surface area contributed by atoms with Crippen molar-refractivity contribution in [1.82, 2.24) is 5.32 Å². The van der Waals surface area contributed by atoms with E-state index in [4.69, 9.17) is 9.05 Å². The summed E-state index contributed by atoms with van der Waals surface area (Å²) in [5.74, 6) is -0.220. The first kappa shape index (κ1) is 60.2. The van der Waals surface area contributed by atoms with E-state index >= 15 is 0 Å². The molecule has 0 saturated carbocycles. The fourth-order valence-corrected chi connectivity index (χ4v) is 7.03. The number of likely N-dealkylation sites (N-methyl/N-ethyl adjacent to an activating group) is 1. The Kier molecular flexibility index (Phi) is 42.4. The van der Waals surface area contributed by atoms with Gasteiger partial charge in [0.05, 0.1) is 39.9 Å². The molecule has 9 heteroatoms. The summed E-state index contributed by atoms with van der Waals surface area (Å²) in [7, 11) is 1.22. The highest BCUT2D eigenvalue weighted by Crippen LogP contribution is 2.38. The first-order valence-corrected chi connectivity index (χ1v) is 26.2. The van der Waals surface area contributed by atoms with Crippen molar-refractivity contribution in [3.8, 4) is 0 Å². The molecule has 63 heavy (non-hydrogen) atoms. The molecule has 0 aromatic carbocycles. The van der Waals surface area contributed by atoms with Crippen molar-refractivity contribution >= 4 is 13.7 Å². The Morgan fingerprint density at radius 3 is 1.48 bits per heavy atom. The number of unbranched alkanes of at least 4 members (excludes halogenated alkanes) is 14. The molecular formula is C54H93N2O6P. The summed E-state index contributed by atoms with van der Waals surface area (Å²) in [6, 6.07) is -0.909. The summed E-state index contributed by atoms with van der Waals surface area (Å²) in [4.78, 5) is 25.2. The summed E-state index contributed by atoms with van der Waals surface area (Å²) in [5, 5.41) is 13.7. The Balaban J connectivity index is 4.07. The first-order valence-electron chi connectivity index (χ1n) is 24.7. The van der Waals surface area contributed by atoms with Crippen LogP contribution in [0.1, 0.15) is 174 Å². The standard InChI is InChI=1S/C54H93N2O6P/c1-6-8-10-12-14-16-17-18-19-20-21-22-23-24-25-26-27-28-29-30-31-32-33-34-35-36-37-38-39-40-42-44-46-48-54(58)55-52(51-62-63(59,60)61-50-49-56(3,4)5)53(57)47-45-43-41-15-13-11-9-7-2/h8,10,13-16,18-19,21-22,24-25,27-28,30-31,45,47,52-53,57H,6-7,9,11-12,17,20,23,26,29,32-44,46,48-51H2,1-5H3,(H-,55,58,59,60)/b10-8-,15-13+,16-14-,19-18-,22-21-,25-24-,28-27-,31-30-,47-45+. The van der Waals surface area contributed by atoms with Crippen LogP contribution < -0.4 is 10.2 Å². The molecule has 0 rings (SSSR count). The predicted molar refractivity (Wildman–Crippen MR) is 269 cm³/mol. The Hall–Kier alpha value is -2.84. The molecule has 0 spiro atoms. The highest BCUT2D eigenvalue weighted by atomic mass is 31.2. The quantitative estimate of drug-likeness (QED) is 0.0273. The van der Waals surface area contributed by atoms with Crippen LogP contribution in [0.5, 0.6) is 0 Å². The number of allylic oxidation sites excluding steroid dienone is 17. The molecule has 1 amide bonds. The number of quaternary nitrogens is 1. The highest BCUT2D eigenvalue weighted by Gasteiger charge is 2.23. The van der Waals surface area contributed by atoms with Gasteiger partial charge in [0.2, 0.25) is 5.91 Å². The number of aliphatic hydroxyl groups excluding tert-OH is 1. The largest absolute Gasteiger partial charge is 0.756 e. The van der Waals surface area contributed by atoms with Crippen molar-refractivity contribution in [2.45, 2.75) is 187 Å². The fourth-order valence-electron chi connectivity index (χ4n) is 6.31. The Morgan fingerprint density at radius 2 is 0.984 bits per heavy atom. The third-order valence-electron chi connectivity index (χ3n) is 10.2. The van der Waals surface area contributed by atoms with Gasteiger partial charge >= 0.3 is 0 Å². The molecular weight excluding hydrogens is 804 g/mol. The smallest absolute Gasteiger partial charge is 0.268 e. The van der Waals surface area contributed by atoms with Crippen LogP contribution in [0.2, 0.25) is 0 Å². The molecule has 0 aliphatic carbocycles. The highest BCUT2D eigenvalue weighted by molar-refractivity contribution is 7.45. The van der Waals surface area contributed by atoms with Crippen molar-refractivity contribution < 1.29 is 32.9 Å². The second-order valence-electron chi connectivity index (χ2n) is 17.4. The van der Waals surface area contributed by atoms with E-state index in [2.05, 4.69) is 116 Å². The second-order valence-corrected chi connectivity index (χ2v) is 18.8. The molecule has 0 aromatic rings. The van der Waals surface area contributed by atoms with Crippen molar-refractivity contribution in [3.63, 3.8) is 0 Å². The number of hydrogen-bond acceptors (Lipinski definition) is 6. The van der Waals surface area contributed by atoms with Gasteiger partial charge in [0.1, 0.15) is 13.2 Å². The summed E-state index contributed by atoms with van der Waals surface area (Å²) >= 11 is 0. The van der Waals surface area contributed by atoms with Gasteiger partial charge < -0.3 is 28.8 Å². The van der Waals surface area contributed by atoms with Gasteiger partial charge in [0.15, 0.2) is 0 Å². The van der Waals surface area contributed by atoms with Crippen LogP contribution in [0.15, 0.2) is 109 Å². The van der Waals surface area contributed by atoms with E-state index in [1.54, 1.807) is 6.08 Å². The van der Waals surface area contributed by atoms with Gasteiger partial charge in [0, 0.05) is 6.42 Å². The number of amides is 1. The molecule has 0 heterocycles. The number of hydrogen-bond donors (Lipinski definition) is 2. The SMILES string of the molecule is CC/C=C\C/C=C\C/C=C\C/C=C\C/C=C\C/C=C\C/C=C\CCCCCCCCCCCCCC(=O)NC(COP(=O)([O-])OCC[N+](C)(C)C)C(O)/C=C/CC/C=C/CCCC. The number of phosphoric acid groups is 1. The number of carbonyl (C=O) groups is 1. The maximum Gasteiger partial charge on any atom is 0.268 e. The summed E-state index contributed by atoms with van der Waals surface area (Å²) < 4.78 is 23.1. The molecule has 0 radical (unpaired) electrons. The maximum absolute atomic E-state index is 12.8. The average Bonchev–Trinajstić information content (AvgIpc) is 3.24. The maximum atomic E-state index is 12.8. The van der Waals surface area contributed by atoms with Crippen LogP contribution in [-0.4, -0.2) is 68.5 Å². The summed E-state index contributed by atoms with van der Waals surface area (Å²) in [6.07, 6.45) is 64.6. The zero-order chi connectivity index (χ0) is 46.4. The molecule has 2 N–H and O–H groups in total. The van der Waals surface area contributed by atoms with Crippen LogP contribution >= 0.6 is 7.82 Å². The van der Waals surface area contributed by atoms with Crippen LogP contribution in [-0.2, 0) is 18.4 Å². The summed E-state index contributed by atoms with van der Waals surface area (Å²) in [5.41, 5.74) is 0. The van der Waals surface area contributed by atoms with E-state index < -0.39 is 26.6 Å². The predicted octanol–water partition coefficient (Wildman–Crippen LogP) is 13.8. The Morgan fingerprint density at radius 1 is 0.571 bits per heavy atom. The number of carbonyl (C=O) groups excluding carboxylic acids is 1. The van der Waals surface area contributed by atoms with E-state index in [0.717, 1.165) is 89.9 Å². The van der Waals surface area contributed by atoms with Gasteiger partial charge in [-0.25, -0.2) is 0 Å². The monoisotopic (exact) mass is 897 g/mol. The molecule has 3 atom stereocenters. The van der Waals surface area contributed by atoms with Crippen LogP contribution in [0, 0.1) is 0 Å². The second kappa shape index (κ2) is 44.4. The van der Waals surface area contributed by atoms with Gasteiger partial charge in [-0.3, -0.25) is 9.36 Å². The van der Waals surface area contributed by atoms with Crippen molar-refractivity contribution in [1.29, 1.82) is 0 Å². The first-order chi connectivity index (χ1) is 30.5.